The Labute approximate surface area is 159 Å². The number of anilines is 1. The number of fused-ring (bicyclic) bond motifs is 1. The molecule has 27 heavy (non-hydrogen) atoms. The van der Waals surface area contributed by atoms with Gasteiger partial charge in [0.2, 0.25) is 5.91 Å². The van der Waals surface area contributed by atoms with Crippen molar-refractivity contribution in [2.45, 2.75) is 13.0 Å². The molecule has 0 spiro atoms. The number of aromatic nitrogens is 3. The molecule has 0 aliphatic carbocycles. The fourth-order valence-electron chi connectivity index (χ4n) is 2.74. The highest BCUT2D eigenvalue weighted by Gasteiger charge is 2.20. The third-order valence-corrected chi connectivity index (χ3v) is 5.30. The van der Waals surface area contributed by atoms with E-state index in [9.17, 15) is 9.59 Å². The van der Waals surface area contributed by atoms with E-state index in [1.807, 2.05) is 54.6 Å². The lowest BCUT2D eigenvalue weighted by molar-refractivity contribution is -0.119. The SMILES string of the molecule is C[C@H](C(=O)Nc1ccccc1)n1nnc2sc(-c3ccccc3)cc2c1=O. The van der Waals surface area contributed by atoms with Gasteiger partial charge in [-0.2, -0.15) is 4.68 Å². The molecule has 6 nitrogen and oxygen atoms in total. The Morgan fingerprint density at radius 3 is 2.44 bits per heavy atom. The molecule has 134 valence electrons. The van der Waals surface area contributed by atoms with Crippen molar-refractivity contribution in [2.75, 3.05) is 5.32 Å². The second-order valence-electron chi connectivity index (χ2n) is 6.07. The minimum atomic E-state index is -0.783. The molecule has 2 aromatic carbocycles. The van der Waals surface area contributed by atoms with Gasteiger partial charge < -0.3 is 5.32 Å². The quantitative estimate of drug-likeness (QED) is 0.589. The number of hydrogen-bond acceptors (Lipinski definition) is 5. The van der Waals surface area contributed by atoms with Crippen LogP contribution in [0.1, 0.15) is 13.0 Å². The summed E-state index contributed by atoms with van der Waals surface area (Å²) in [5.41, 5.74) is 1.36. The number of amides is 1. The number of thiophene rings is 1. The molecule has 0 radical (unpaired) electrons. The highest BCUT2D eigenvalue weighted by Crippen LogP contribution is 2.30. The molecule has 0 unspecified atom stereocenters. The number of para-hydroxylation sites is 1. The summed E-state index contributed by atoms with van der Waals surface area (Å²) < 4.78 is 1.13. The fraction of sp³-hybridized carbons (Fsp3) is 0.100. The first-order chi connectivity index (χ1) is 13.1. The summed E-state index contributed by atoms with van der Waals surface area (Å²) in [5.74, 6) is -0.324. The van der Waals surface area contributed by atoms with Crippen molar-refractivity contribution in [1.82, 2.24) is 15.0 Å². The minimum absolute atomic E-state index is 0.324. The maximum Gasteiger partial charge on any atom is 0.279 e. The van der Waals surface area contributed by atoms with Crippen LogP contribution < -0.4 is 10.9 Å². The second-order valence-corrected chi connectivity index (χ2v) is 7.10. The van der Waals surface area contributed by atoms with Crippen molar-refractivity contribution in [3.05, 3.63) is 77.1 Å². The van der Waals surface area contributed by atoms with Crippen molar-refractivity contribution in [2.24, 2.45) is 0 Å². The lowest BCUT2D eigenvalue weighted by Gasteiger charge is -2.13. The molecule has 0 saturated carbocycles. The van der Waals surface area contributed by atoms with Crippen LogP contribution in [-0.2, 0) is 4.79 Å². The summed E-state index contributed by atoms with van der Waals surface area (Å²) in [6.07, 6.45) is 0. The van der Waals surface area contributed by atoms with Crippen LogP contribution >= 0.6 is 11.3 Å². The largest absolute Gasteiger partial charge is 0.324 e. The van der Waals surface area contributed by atoms with Crippen molar-refractivity contribution < 1.29 is 4.79 Å². The summed E-state index contributed by atoms with van der Waals surface area (Å²) in [4.78, 5) is 26.9. The molecule has 0 aliphatic heterocycles. The molecule has 2 heterocycles. The zero-order valence-corrected chi connectivity index (χ0v) is 15.3. The van der Waals surface area contributed by atoms with E-state index in [0.717, 1.165) is 15.1 Å². The van der Waals surface area contributed by atoms with Gasteiger partial charge in [-0.15, -0.1) is 16.4 Å². The van der Waals surface area contributed by atoms with Gasteiger partial charge in [-0.25, -0.2) is 0 Å². The van der Waals surface area contributed by atoms with Gasteiger partial charge in [-0.05, 0) is 30.7 Å². The van der Waals surface area contributed by atoms with Gasteiger partial charge in [0.25, 0.3) is 5.56 Å². The van der Waals surface area contributed by atoms with Gasteiger partial charge in [-0.1, -0.05) is 53.7 Å². The number of benzene rings is 2. The Kier molecular flexibility index (Phi) is 4.52. The van der Waals surface area contributed by atoms with Gasteiger partial charge in [0.1, 0.15) is 6.04 Å². The number of rotatable bonds is 4. The monoisotopic (exact) mass is 376 g/mol. The van der Waals surface area contributed by atoms with Crippen LogP contribution in [0.25, 0.3) is 20.7 Å². The Balaban J connectivity index is 1.67. The third-order valence-electron chi connectivity index (χ3n) is 4.23. The molecular formula is C20H16N4O2S. The summed E-state index contributed by atoms with van der Waals surface area (Å²) in [5, 5.41) is 11.4. The van der Waals surface area contributed by atoms with Crippen LogP contribution in [0.5, 0.6) is 0 Å². The van der Waals surface area contributed by atoms with E-state index < -0.39 is 6.04 Å². The average Bonchev–Trinajstić information content (AvgIpc) is 3.14. The van der Waals surface area contributed by atoms with Gasteiger partial charge >= 0.3 is 0 Å². The van der Waals surface area contributed by atoms with E-state index in [0.29, 0.717) is 15.9 Å². The van der Waals surface area contributed by atoms with Crippen LogP contribution in [-0.4, -0.2) is 20.9 Å². The normalized spacial score (nSPS) is 12.0. The smallest absolute Gasteiger partial charge is 0.279 e. The van der Waals surface area contributed by atoms with Gasteiger partial charge in [-0.3, -0.25) is 9.59 Å². The van der Waals surface area contributed by atoms with E-state index in [1.165, 1.54) is 11.3 Å². The Bertz CT molecular complexity index is 1150. The predicted molar refractivity (Wildman–Crippen MR) is 107 cm³/mol. The lowest BCUT2D eigenvalue weighted by Crippen LogP contribution is -2.33. The molecule has 1 N–H and O–H groups in total. The Morgan fingerprint density at radius 1 is 1.07 bits per heavy atom. The minimum Gasteiger partial charge on any atom is -0.324 e. The van der Waals surface area contributed by atoms with Crippen molar-refractivity contribution >= 4 is 33.1 Å². The van der Waals surface area contributed by atoms with E-state index in [1.54, 1.807) is 19.1 Å². The maximum absolute atomic E-state index is 12.9. The highest BCUT2D eigenvalue weighted by molar-refractivity contribution is 7.21. The zero-order chi connectivity index (χ0) is 18.8. The molecule has 0 bridgehead atoms. The Hall–Kier alpha value is -3.32. The first-order valence-corrected chi connectivity index (χ1v) is 9.25. The molecule has 2 aromatic heterocycles. The first-order valence-electron chi connectivity index (χ1n) is 8.44. The molecule has 4 aromatic rings. The topological polar surface area (TPSA) is 76.9 Å². The van der Waals surface area contributed by atoms with Crippen LogP contribution in [0.2, 0.25) is 0 Å². The van der Waals surface area contributed by atoms with E-state index in [2.05, 4.69) is 15.6 Å². The molecular weight excluding hydrogens is 360 g/mol. The summed E-state index contributed by atoms with van der Waals surface area (Å²) in [6, 6.07) is 19.9. The molecule has 4 rings (SSSR count). The van der Waals surface area contributed by atoms with Crippen molar-refractivity contribution in [1.29, 1.82) is 0 Å². The predicted octanol–water partition coefficient (Wildman–Crippen LogP) is 3.72. The van der Waals surface area contributed by atoms with Gasteiger partial charge in [0.05, 0.1) is 5.39 Å². The van der Waals surface area contributed by atoms with Crippen molar-refractivity contribution in [3.8, 4) is 10.4 Å². The summed E-state index contributed by atoms with van der Waals surface area (Å²) in [7, 11) is 0. The fourth-order valence-corrected chi connectivity index (χ4v) is 3.71. The highest BCUT2D eigenvalue weighted by atomic mass is 32.1. The molecule has 0 fully saturated rings. The number of nitrogens with one attached hydrogen (secondary N) is 1. The van der Waals surface area contributed by atoms with Crippen LogP contribution in [0.15, 0.2) is 71.5 Å². The number of nitrogens with zero attached hydrogens (tertiary/aromatic N) is 3. The van der Waals surface area contributed by atoms with E-state index in [4.69, 9.17) is 0 Å². The molecule has 0 aliphatic rings. The van der Waals surface area contributed by atoms with Gasteiger partial charge in [0, 0.05) is 10.6 Å². The van der Waals surface area contributed by atoms with E-state index >= 15 is 0 Å². The van der Waals surface area contributed by atoms with E-state index in [-0.39, 0.29) is 11.5 Å². The van der Waals surface area contributed by atoms with Crippen LogP contribution in [0, 0.1) is 0 Å². The molecule has 1 atom stereocenters. The average molecular weight is 376 g/mol. The van der Waals surface area contributed by atoms with Crippen LogP contribution in [0.3, 0.4) is 0 Å². The first kappa shape index (κ1) is 17.1. The molecule has 1 amide bonds. The van der Waals surface area contributed by atoms with Crippen molar-refractivity contribution in [3.63, 3.8) is 0 Å². The second kappa shape index (κ2) is 7.13. The number of carbonyl (C=O) groups excluding carboxylic acids is 1. The number of carbonyl (C=O) groups is 1. The molecule has 7 heteroatoms. The Morgan fingerprint density at radius 2 is 1.74 bits per heavy atom. The summed E-state index contributed by atoms with van der Waals surface area (Å²) in [6.45, 7) is 1.63. The lowest BCUT2D eigenvalue weighted by atomic mass is 10.2. The zero-order valence-electron chi connectivity index (χ0n) is 14.5. The third kappa shape index (κ3) is 3.37. The number of hydrogen-bond donors (Lipinski definition) is 1. The van der Waals surface area contributed by atoms with Gasteiger partial charge in [0.15, 0.2) is 4.83 Å². The maximum atomic E-state index is 12.9. The standard InChI is InChI=1S/C20H16N4O2S/c1-13(18(25)21-15-10-6-3-7-11-15)24-20(26)16-12-17(27-19(16)22-23-24)14-8-4-2-5-9-14/h2-13H,1H3,(H,21,25)/t13-/m1/s1. The van der Waals surface area contributed by atoms with Crippen LogP contribution in [0.4, 0.5) is 5.69 Å². The summed E-state index contributed by atoms with van der Waals surface area (Å²) >= 11 is 1.41. The molecule has 0 saturated heterocycles.